The summed E-state index contributed by atoms with van der Waals surface area (Å²) in [4.78, 5) is 29.8. The number of aryl methyl sites for hydroxylation is 1. The zero-order valence-corrected chi connectivity index (χ0v) is 17.8. The van der Waals surface area contributed by atoms with Crippen LogP contribution in [0.5, 0.6) is 0 Å². The van der Waals surface area contributed by atoms with Crippen molar-refractivity contribution in [3.63, 3.8) is 0 Å². The van der Waals surface area contributed by atoms with Gasteiger partial charge in [-0.25, -0.2) is 0 Å². The van der Waals surface area contributed by atoms with Gasteiger partial charge in [0, 0.05) is 18.0 Å². The van der Waals surface area contributed by atoms with Crippen LogP contribution in [0.25, 0.3) is 11.0 Å². The van der Waals surface area contributed by atoms with Crippen LogP contribution < -0.4 is 5.43 Å². The topological polar surface area (TPSA) is 59.8 Å². The van der Waals surface area contributed by atoms with Gasteiger partial charge in [-0.15, -0.1) is 11.8 Å². The van der Waals surface area contributed by atoms with E-state index in [1.54, 1.807) is 22.7 Å². The molecule has 0 bridgehead atoms. The predicted octanol–water partition coefficient (Wildman–Crippen LogP) is 4.55. The molecule has 1 amide bonds. The van der Waals surface area contributed by atoms with Crippen LogP contribution in [0.2, 0.25) is 0 Å². The Morgan fingerprint density at radius 3 is 2.63 bits per heavy atom. The normalized spacial score (nSPS) is 20.9. The summed E-state index contributed by atoms with van der Waals surface area (Å²) in [7, 11) is 0. The smallest absolute Gasteiger partial charge is 0.291 e. The zero-order valence-electron chi connectivity index (χ0n) is 17.0. The summed E-state index contributed by atoms with van der Waals surface area (Å²) >= 11 is 1.66. The highest BCUT2D eigenvalue weighted by atomic mass is 32.2. The van der Waals surface area contributed by atoms with Crippen molar-refractivity contribution < 1.29 is 13.9 Å². The molecule has 1 fully saturated rings. The number of benzene rings is 2. The van der Waals surface area contributed by atoms with Gasteiger partial charge in [0.05, 0.1) is 23.1 Å². The molecule has 0 saturated carbocycles. The molecule has 1 aromatic heterocycles. The third kappa shape index (κ3) is 3.15. The third-order valence-electron chi connectivity index (χ3n) is 5.98. The second-order valence-corrected chi connectivity index (χ2v) is 8.82. The Bertz CT molecular complexity index is 1180. The molecule has 3 heterocycles. The fourth-order valence-electron chi connectivity index (χ4n) is 4.46. The molecule has 5 rings (SSSR count). The quantitative estimate of drug-likeness (QED) is 0.579. The minimum atomic E-state index is -0.464. The fraction of sp³-hybridized carbons (Fsp3) is 0.333. The van der Waals surface area contributed by atoms with Gasteiger partial charge < -0.3 is 14.1 Å². The number of fused-ring (bicyclic) bond motifs is 2. The van der Waals surface area contributed by atoms with E-state index in [0.29, 0.717) is 29.7 Å². The van der Waals surface area contributed by atoms with E-state index in [1.807, 2.05) is 49.6 Å². The summed E-state index contributed by atoms with van der Waals surface area (Å²) in [6, 6.07) is 13.1. The first-order valence-corrected chi connectivity index (χ1v) is 11.4. The monoisotopic (exact) mass is 421 g/mol. The first-order valence-electron chi connectivity index (χ1n) is 10.2. The van der Waals surface area contributed by atoms with Crippen LogP contribution in [0, 0.1) is 6.92 Å². The van der Waals surface area contributed by atoms with Gasteiger partial charge >= 0.3 is 0 Å². The first-order chi connectivity index (χ1) is 14.6. The Hall–Kier alpha value is -2.57. The average Bonchev–Trinajstić information content (AvgIpc) is 3.37. The number of hydrogen-bond acceptors (Lipinski definition) is 5. The fourth-order valence-corrected chi connectivity index (χ4v) is 4.87. The summed E-state index contributed by atoms with van der Waals surface area (Å²) in [5.74, 6) is -0.0766. The van der Waals surface area contributed by atoms with Gasteiger partial charge in [-0.1, -0.05) is 23.8 Å². The lowest BCUT2D eigenvalue weighted by Gasteiger charge is -2.27. The number of thioether (sulfide) groups is 1. The summed E-state index contributed by atoms with van der Waals surface area (Å²) in [6.45, 7) is 3.11. The van der Waals surface area contributed by atoms with Crippen molar-refractivity contribution in [1.29, 1.82) is 0 Å². The Morgan fingerprint density at radius 2 is 1.93 bits per heavy atom. The number of amides is 1. The van der Waals surface area contributed by atoms with Gasteiger partial charge in [-0.05, 0) is 55.9 Å². The highest BCUT2D eigenvalue weighted by Gasteiger charge is 2.43. The highest BCUT2D eigenvalue weighted by Crippen LogP contribution is 2.39. The summed E-state index contributed by atoms with van der Waals surface area (Å²) in [5, 5.41) is 0.520. The van der Waals surface area contributed by atoms with Crippen molar-refractivity contribution in [2.75, 3.05) is 19.4 Å². The highest BCUT2D eigenvalue weighted by molar-refractivity contribution is 7.98. The van der Waals surface area contributed by atoms with Crippen LogP contribution in [-0.2, 0) is 4.74 Å². The van der Waals surface area contributed by atoms with Crippen molar-refractivity contribution in [1.82, 2.24) is 4.90 Å². The van der Waals surface area contributed by atoms with Crippen molar-refractivity contribution >= 4 is 28.6 Å². The molecule has 2 unspecified atom stereocenters. The Kier molecular flexibility index (Phi) is 4.91. The van der Waals surface area contributed by atoms with Gasteiger partial charge in [0.25, 0.3) is 5.91 Å². The molecule has 3 aromatic rings. The minimum absolute atomic E-state index is 0.0111. The molecule has 2 atom stereocenters. The largest absolute Gasteiger partial charge is 0.450 e. The number of rotatable bonds is 4. The maximum atomic E-state index is 13.5. The maximum Gasteiger partial charge on any atom is 0.291 e. The number of nitrogens with zero attached hydrogens (tertiary/aromatic N) is 1. The summed E-state index contributed by atoms with van der Waals surface area (Å²) in [6.07, 6.45) is 3.92. The summed E-state index contributed by atoms with van der Waals surface area (Å²) < 4.78 is 11.8. The van der Waals surface area contributed by atoms with Crippen LogP contribution in [0.4, 0.5) is 0 Å². The third-order valence-corrected chi connectivity index (χ3v) is 6.72. The molecule has 30 heavy (non-hydrogen) atoms. The summed E-state index contributed by atoms with van der Waals surface area (Å²) in [5.41, 5.74) is 2.66. The Morgan fingerprint density at radius 1 is 1.13 bits per heavy atom. The van der Waals surface area contributed by atoms with Crippen LogP contribution in [0.15, 0.2) is 56.6 Å². The predicted molar refractivity (Wildman–Crippen MR) is 117 cm³/mol. The molecule has 0 N–H and O–H groups in total. The molecule has 5 nitrogen and oxygen atoms in total. The standard InChI is InChI=1S/C24H23NO4S/c1-14-5-10-19-18(12-14)22(26)20-21(15-6-8-17(30-2)9-7-15)25(24(27)23(20)29-19)13-16-4-3-11-28-16/h5-10,12,16,21H,3-4,11,13H2,1-2H3. The lowest BCUT2D eigenvalue weighted by Crippen LogP contribution is -2.36. The van der Waals surface area contributed by atoms with Gasteiger partial charge in [0.2, 0.25) is 5.76 Å². The molecule has 2 aliphatic rings. The first kappa shape index (κ1) is 19.4. The number of carbonyl (C=O) groups is 1. The van der Waals surface area contributed by atoms with E-state index in [9.17, 15) is 9.59 Å². The van der Waals surface area contributed by atoms with Crippen LogP contribution >= 0.6 is 11.8 Å². The second-order valence-electron chi connectivity index (χ2n) is 7.94. The number of carbonyl (C=O) groups excluding carboxylic acids is 1. The molecule has 2 aromatic carbocycles. The van der Waals surface area contributed by atoms with E-state index < -0.39 is 6.04 Å². The van der Waals surface area contributed by atoms with Gasteiger partial charge in [0.15, 0.2) is 5.43 Å². The van der Waals surface area contributed by atoms with Gasteiger partial charge in [0.1, 0.15) is 5.58 Å². The number of ether oxygens (including phenoxy) is 1. The molecule has 6 heteroatoms. The van der Waals surface area contributed by atoms with E-state index in [2.05, 4.69) is 0 Å². The van der Waals surface area contributed by atoms with Gasteiger partial charge in [-0.3, -0.25) is 9.59 Å². The molecule has 2 aliphatic heterocycles. The molecule has 0 spiro atoms. The van der Waals surface area contributed by atoms with Crippen molar-refractivity contribution in [3.05, 3.63) is 75.1 Å². The Labute approximate surface area is 179 Å². The molecule has 154 valence electrons. The lowest BCUT2D eigenvalue weighted by atomic mass is 9.98. The zero-order chi connectivity index (χ0) is 20.8. The minimum Gasteiger partial charge on any atom is -0.450 e. The van der Waals surface area contributed by atoms with Crippen molar-refractivity contribution in [3.8, 4) is 0 Å². The molecule has 0 aliphatic carbocycles. The van der Waals surface area contributed by atoms with E-state index in [0.717, 1.165) is 28.9 Å². The van der Waals surface area contributed by atoms with Crippen molar-refractivity contribution in [2.24, 2.45) is 0 Å². The molecular formula is C24H23NO4S. The van der Waals surface area contributed by atoms with E-state index in [-0.39, 0.29) is 23.2 Å². The van der Waals surface area contributed by atoms with Crippen LogP contribution in [0.1, 0.15) is 46.1 Å². The van der Waals surface area contributed by atoms with E-state index >= 15 is 0 Å². The van der Waals surface area contributed by atoms with Crippen LogP contribution in [-0.4, -0.2) is 36.3 Å². The molecule has 0 radical (unpaired) electrons. The number of hydrogen-bond donors (Lipinski definition) is 0. The maximum absolute atomic E-state index is 13.5. The molecular weight excluding hydrogens is 398 g/mol. The molecule has 1 saturated heterocycles. The van der Waals surface area contributed by atoms with Crippen molar-refractivity contribution in [2.45, 2.75) is 36.8 Å². The van der Waals surface area contributed by atoms with E-state index in [4.69, 9.17) is 9.15 Å². The average molecular weight is 422 g/mol. The van der Waals surface area contributed by atoms with Crippen LogP contribution in [0.3, 0.4) is 0 Å². The van der Waals surface area contributed by atoms with Gasteiger partial charge in [-0.2, -0.15) is 0 Å². The second kappa shape index (κ2) is 7.60. The lowest BCUT2D eigenvalue weighted by molar-refractivity contribution is 0.0486. The Balaban J connectivity index is 1.69. The van der Waals surface area contributed by atoms with E-state index in [1.165, 1.54) is 0 Å². The SMILES string of the molecule is CSc1ccc(C2c3c(oc4ccc(C)cc4c3=O)C(=O)N2CC2CCCO2)cc1.